The molecule has 2 aromatic rings. The number of hydrogen-bond donors (Lipinski definition) is 1. The smallest absolute Gasteiger partial charge is 0.0977 e. The molecule has 2 aromatic carbocycles. The molecule has 0 fully saturated rings. The number of nitrogens with one attached hydrogen (secondary N) is 1. The van der Waals surface area contributed by atoms with Gasteiger partial charge in [-0.2, -0.15) is 0 Å². The Morgan fingerprint density at radius 2 is 1.53 bits per heavy atom. The van der Waals surface area contributed by atoms with Gasteiger partial charge in [0.25, 0.3) is 0 Å². The molecular weight excluding hydrogens is 234 g/mol. The second-order valence-corrected chi connectivity index (χ2v) is 4.65. The first-order chi connectivity index (χ1) is 9.35. The van der Waals surface area contributed by atoms with Crippen LogP contribution in [0.5, 0.6) is 0 Å². The van der Waals surface area contributed by atoms with Crippen LogP contribution in [-0.4, -0.2) is 20.2 Å². The fraction of sp³-hybridized carbons (Fsp3) is 0.294. The van der Waals surface area contributed by atoms with Gasteiger partial charge in [-0.1, -0.05) is 60.7 Å². The highest BCUT2D eigenvalue weighted by atomic mass is 16.5. The van der Waals surface area contributed by atoms with Crippen molar-refractivity contribution in [2.24, 2.45) is 0 Å². The van der Waals surface area contributed by atoms with Crippen molar-refractivity contribution in [3.05, 3.63) is 71.8 Å². The molecule has 0 saturated heterocycles. The summed E-state index contributed by atoms with van der Waals surface area (Å²) >= 11 is 0. The van der Waals surface area contributed by atoms with Crippen LogP contribution >= 0.6 is 0 Å². The van der Waals surface area contributed by atoms with Gasteiger partial charge in [0, 0.05) is 13.2 Å². The largest absolute Gasteiger partial charge is 0.375 e. The second kappa shape index (κ2) is 7.07. The van der Waals surface area contributed by atoms with Gasteiger partial charge in [-0.15, -0.1) is 0 Å². The molecule has 0 saturated carbocycles. The molecule has 0 aliphatic rings. The number of hydrogen-bond acceptors (Lipinski definition) is 2. The molecule has 0 heterocycles. The van der Waals surface area contributed by atoms with Gasteiger partial charge < -0.3 is 10.1 Å². The predicted molar refractivity (Wildman–Crippen MR) is 79.2 cm³/mol. The van der Waals surface area contributed by atoms with Gasteiger partial charge in [-0.05, 0) is 24.6 Å². The summed E-state index contributed by atoms with van der Waals surface area (Å²) in [5.74, 6) is 0. The predicted octanol–water partition coefficient (Wildman–Crippen LogP) is 3.20. The topological polar surface area (TPSA) is 21.3 Å². The molecule has 2 atom stereocenters. The van der Waals surface area contributed by atoms with Crippen molar-refractivity contribution in [1.29, 1.82) is 0 Å². The van der Waals surface area contributed by atoms with Crippen LogP contribution in [0.1, 0.15) is 17.2 Å². The Morgan fingerprint density at radius 3 is 2.05 bits per heavy atom. The zero-order chi connectivity index (χ0) is 13.5. The van der Waals surface area contributed by atoms with E-state index in [-0.39, 0.29) is 12.1 Å². The minimum Gasteiger partial charge on any atom is -0.375 e. The van der Waals surface area contributed by atoms with E-state index in [1.165, 1.54) is 11.1 Å². The summed E-state index contributed by atoms with van der Waals surface area (Å²) < 4.78 is 5.70. The maximum atomic E-state index is 5.70. The summed E-state index contributed by atoms with van der Waals surface area (Å²) in [7, 11) is 3.76. The van der Waals surface area contributed by atoms with E-state index < -0.39 is 0 Å². The Hall–Kier alpha value is -1.64. The van der Waals surface area contributed by atoms with Crippen LogP contribution in [0, 0.1) is 0 Å². The van der Waals surface area contributed by atoms with E-state index in [0.717, 1.165) is 6.42 Å². The standard InChI is InChI=1S/C17H21NO/c1-18-16(13-14-9-5-3-6-10-14)17(19-2)15-11-7-4-8-12-15/h3-12,16-18H,13H2,1-2H3. The number of rotatable bonds is 6. The maximum Gasteiger partial charge on any atom is 0.0977 e. The lowest BCUT2D eigenvalue weighted by atomic mass is 9.96. The lowest BCUT2D eigenvalue weighted by Crippen LogP contribution is -2.35. The van der Waals surface area contributed by atoms with Gasteiger partial charge in [0.2, 0.25) is 0 Å². The third-order valence-corrected chi connectivity index (χ3v) is 3.42. The van der Waals surface area contributed by atoms with Crippen LogP contribution < -0.4 is 5.32 Å². The zero-order valence-electron chi connectivity index (χ0n) is 11.5. The normalized spacial score (nSPS) is 14.0. The molecule has 2 unspecified atom stereocenters. The van der Waals surface area contributed by atoms with Crippen molar-refractivity contribution in [2.75, 3.05) is 14.2 Å². The molecule has 19 heavy (non-hydrogen) atoms. The van der Waals surface area contributed by atoms with Gasteiger partial charge in [-0.3, -0.25) is 0 Å². The van der Waals surface area contributed by atoms with E-state index in [2.05, 4.69) is 53.8 Å². The first kappa shape index (κ1) is 13.8. The lowest BCUT2D eigenvalue weighted by molar-refractivity contribution is 0.0704. The molecular formula is C17H21NO. The fourth-order valence-electron chi connectivity index (χ4n) is 2.40. The number of likely N-dealkylation sites (N-methyl/N-ethyl adjacent to an activating group) is 1. The molecule has 0 spiro atoms. The quantitative estimate of drug-likeness (QED) is 0.856. The molecule has 0 bridgehead atoms. The first-order valence-corrected chi connectivity index (χ1v) is 6.64. The molecule has 0 radical (unpaired) electrons. The molecule has 0 aliphatic heterocycles. The molecule has 100 valence electrons. The molecule has 0 aliphatic carbocycles. The van der Waals surface area contributed by atoms with E-state index in [0.29, 0.717) is 0 Å². The van der Waals surface area contributed by atoms with Crippen LogP contribution in [-0.2, 0) is 11.2 Å². The highest BCUT2D eigenvalue weighted by Crippen LogP contribution is 2.22. The summed E-state index contributed by atoms with van der Waals surface area (Å²) in [6, 6.07) is 21.1. The highest BCUT2D eigenvalue weighted by Gasteiger charge is 2.21. The third-order valence-electron chi connectivity index (χ3n) is 3.42. The Balaban J connectivity index is 2.15. The van der Waals surface area contributed by atoms with Gasteiger partial charge in [-0.25, -0.2) is 0 Å². The summed E-state index contributed by atoms with van der Waals surface area (Å²) in [4.78, 5) is 0. The Labute approximate surface area is 115 Å². The van der Waals surface area contributed by atoms with Crippen LogP contribution in [0.15, 0.2) is 60.7 Å². The van der Waals surface area contributed by atoms with Crippen molar-refractivity contribution >= 4 is 0 Å². The number of ether oxygens (including phenoxy) is 1. The van der Waals surface area contributed by atoms with Gasteiger partial charge in [0.15, 0.2) is 0 Å². The fourth-order valence-corrected chi connectivity index (χ4v) is 2.40. The molecule has 2 nitrogen and oxygen atoms in total. The van der Waals surface area contributed by atoms with Crippen LogP contribution in [0.4, 0.5) is 0 Å². The average molecular weight is 255 g/mol. The second-order valence-electron chi connectivity index (χ2n) is 4.65. The highest BCUT2D eigenvalue weighted by molar-refractivity contribution is 5.22. The molecule has 0 amide bonds. The van der Waals surface area contributed by atoms with Crippen molar-refractivity contribution < 1.29 is 4.74 Å². The minimum absolute atomic E-state index is 0.0615. The SMILES string of the molecule is CNC(Cc1ccccc1)C(OC)c1ccccc1. The van der Waals surface area contributed by atoms with Gasteiger partial charge in [0.1, 0.15) is 0 Å². The summed E-state index contributed by atoms with van der Waals surface area (Å²) in [5.41, 5.74) is 2.53. The number of benzene rings is 2. The van der Waals surface area contributed by atoms with Crippen molar-refractivity contribution in [3.63, 3.8) is 0 Å². The minimum atomic E-state index is 0.0615. The molecule has 2 heteroatoms. The van der Waals surface area contributed by atoms with Crippen LogP contribution in [0.3, 0.4) is 0 Å². The summed E-state index contributed by atoms with van der Waals surface area (Å²) in [6.45, 7) is 0. The summed E-state index contributed by atoms with van der Waals surface area (Å²) in [6.07, 6.45) is 1.01. The molecule has 1 N–H and O–H groups in total. The first-order valence-electron chi connectivity index (χ1n) is 6.64. The van der Waals surface area contributed by atoms with Crippen molar-refractivity contribution in [3.8, 4) is 0 Å². The molecule has 2 rings (SSSR count). The number of methoxy groups -OCH3 is 1. The lowest BCUT2D eigenvalue weighted by Gasteiger charge is -2.26. The van der Waals surface area contributed by atoms with E-state index in [1.54, 1.807) is 7.11 Å². The van der Waals surface area contributed by atoms with E-state index >= 15 is 0 Å². The molecule has 0 aromatic heterocycles. The Kier molecular flexibility index (Phi) is 5.13. The van der Waals surface area contributed by atoms with Crippen LogP contribution in [0.2, 0.25) is 0 Å². The monoisotopic (exact) mass is 255 g/mol. The van der Waals surface area contributed by atoms with Gasteiger partial charge >= 0.3 is 0 Å². The van der Waals surface area contributed by atoms with Gasteiger partial charge in [0.05, 0.1) is 6.10 Å². The average Bonchev–Trinajstić information content (AvgIpc) is 2.49. The zero-order valence-corrected chi connectivity index (χ0v) is 11.5. The van der Waals surface area contributed by atoms with Crippen molar-refractivity contribution in [2.45, 2.75) is 18.6 Å². The van der Waals surface area contributed by atoms with Crippen LogP contribution in [0.25, 0.3) is 0 Å². The van der Waals surface area contributed by atoms with E-state index in [4.69, 9.17) is 4.74 Å². The maximum absolute atomic E-state index is 5.70. The Bertz CT molecular complexity index is 469. The van der Waals surface area contributed by atoms with E-state index in [9.17, 15) is 0 Å². The third kappa shape index (κ3) is 3.66. The van der Waals surface area contributed by atoms with Crippen molar-refractivity contribution in [1.82, 2.24) is 5.32 Å². The van der Waals surface area contributed by atoms with E-state index in [1.807, 2.05) is 19.2 Å². The summed E-state index contributed by atoms with van der Waals surface area (Å²) in [5, 5.41) is 3.38. The Morgan fingerprint density at radius 1 is 0.947 bits per heavy atom.